The molecule has 0 radical (unpaired) electrons. The summed E-state index contributed by atoms with van der Waals surface area (Å²) in [6.45, 7) is 10.3. The molecule has 3 rings (SSSR count). The Balaban J connectivity index is 2.17. The number of benzene rings is 1. The molecule has 2 saturated carbocycles. The van der Waals surface area contributed by atoms with Crippen molar-refractivity contribution in [2.75, 3.05) is 14.2 Å². The molecular formula is C25H38O5. The van der Waals surface area contributed by atoms with Crippen LogP contribution in [0.5, 0.6) is 11.5 Å². The van der Waals surface area contributed by atoms with Crippen LogP contribution in [-0.4, -0.2) is 30.9 Å². The van der Waals surface area contributed by atoms with Gasteiger partial charge in [-0.2, -0.15) is 0 Å². The average Bonchev–Trinajstić information content (AvgIpc) is 2.64. The highest BCUT2D eigenvalue weighted by Gasteiger charge is 2.61. The fraction of sp³-hybridized carbons (Fsp3) is 0.720. The van der Waals surface area contributed by atoms with E-state index in [0.29, 0.717) is 23.8 Å². The minimum absolute atomic E-state index is 0.153. The molecule has 0 saturated heterocycles. The zero-order chi connectivity index (χ0) is 22.3. The standard InChI is InChI=1S/C25H38O5/c1-16(26)30-21(17-13-18(28-6)15-19(14-17)29-7)22-24(4)11-8-10-23(2,3)20(24)9-12-25(22,5)27/h13-15,20-22,27H,8-12H2,1-7H3/t20-,21?,22+,24+,25+/m0/s1. The fourth-order valence-corrected chi connectivity index (χ4v) is 6.73. The summed E-state index contributed by atoms with van der Waals surface area (Å²) >= 11 is 0. The van der Waals surface area contributed by atoms with Gasteiger partial charge in [-0.05, 0) is 61.5 Å². The third-order valence-electron chi connectivity index (χ3n) is 7.89. The molecule has 0 aliphatic heterocycles. The number of carbonyl (C=O) groups is 1. The number of carbonyl (C=O) groups excluding carboxylic acids is 1. The van der Waals surface area contributed by atoms with E-state index in [9.17, 15) is 9.90 Å². The molecule has 1 aromatic carbocycles. The van der Waals surface area contributed by atoms with Crippen molar-refractivity contribution in [3.8, 4) is 11.5 Å². The van der Waals surface area contributed by atoms with Crippen LogP contribution in [0.25, 0.3) is 0 Å². The molecule has 2 aliphatic rings. The van der Waals surface area contributed by atoms with Crippen molar-refractivity contribution in [1.29, 1.82) is 0 Å². The Morgan fingerprint density at radius 2 is 1.63 bits per heavy atom. The first-order valence-electron chi connectivity index (χ1n) is 11.1. The lowest BCUT2D eigenvalue weighted by Crippen LogP contribution is -2.59. The highest BCUT2D eigenvalue weighted by molar-refractivity contribution is 5.66. The third-order valence-corrected chi connectivity index (χ3v) is 7.89. The summed E-state index contributed by atoms with van der Waals surface area (Å²) in [5, 5.41) is 11.7. The molecule has 30 heavy (non-hydrogen) atoms. The zero-order valence-electron chi connectivity index (χ0n) is 19.6. The van der Waals surface area contributed by atoms with E-state index in [1.807, 2.05) is 25.1 Å². The molecule has 1 N–H and O–H groups in total. The van der Waals surface area contributed by atoms with Crippen LogP contribution < -0.4 is 9.47 Å². The van der Waals surface area contributed by atoms with Gasteiger partial charge >= 0.3 is 5.97 Å². The Hall–Kier alpha value is -1.75. The zero-order valence-corrected chi connectivity index (χ0v) is 19.6. The second-order valence-corrected chi connectivity index (χ2v) is 10.5. The van der Waals surface area contributed by atoms with Crippen LogP contribution in [0.1, 0.15) is 78.4 Å². The number of ether oxygens (including phenoxy) is 3. The van der Waals surface area contributed by atoms with E-state index in [1.165, 1.54) is 13.3 Å². The summed E-state index contributed by atoms with van der Waals surface area (Å²) in [6, 6.07) is 5.60. The summed E-state index contributed by atoms with van der Waals surface area (Å²) < 4.78 is 16.9. The molecule has 0 aromatic heterocycles. The topological polar surface area (TPSA) is 65.0 Å². The van der Waals surface area contributed by atoms with Crippen molar-refractivity contribution in [3.05, 3.63) is 23.8 Å². The van der Waals surface area contributed by atoms with E-state index in [-0.39, 0.29) is 22.7 Å². The number of aliphatic hydroxyl groups is 1. The van der Waals surface area contributed by atoms with Gasteiger partial charge in [-0.25, -0.2) is 0 Å². The van der Waals surface area contributed by atoms with Crippen molar-refractivity contribution in [2.24, 2.45) is 22.7 Å². The normalized spacial score (nSPS) is 33.9. The molecule has 0 amide bonds. The lowest BCUT2D eigenvalue weighted by Gasteiger charge is -2.62. The van der Waals surface area contributed by atoms with Gasteiger partial charge in [0.05, 0.1) is 19.8 Å². The van der Waals surface area contributed by atoms with E-state index in [0.717, 1.165) is 24.8 Å². The maximum absolute atomic E-state index is 12.2. The first-order valence-corrected chi connectivity index (χ1v) is 11.1. The monoisotopic (exact) mass is 418 g/mol. The molecular weight excluding hydrogens is 380 g/mol. The van der Waals surface area contributed by atoms with Crippen LogP contribution in [-0.2, 0) is 9.53 Å². The molecule has 0 spiro atoms. The Kier molecular flexibility index (Phi) is 6.16. The quantitative estimate of drug-likeness (QED) is 0.657. The van der Waals surface area contributed by atoms with Gasteiger partial charge in [0.1, 0.15) is 17.6 Å². The van der Waals surface area contributed by atoms with Gasteiger partial charge in [-0.15, -0.1) is 0 Å². The third kappa shape index (κ3) is 4.05. The highest BCUT2D eigenvalue weighted by atomic mass is 16.5. The van der Waals surface area contributed by atoms with Crippen molar-refractivity contribution in [1.82, 2.24) is 0 Å². The van der Waals surface area contributed by atoms with Crippen molar-refractivity contribution in [2.45, 2.75) is 78.4 Å². The maximum atomic E-state index is 12.2. The van der Waals surface area contributed by atoms with E-state index >= 15 is 0 Å². The predicted molar refractivity (Wildman–Crippen MR) is 117 cm³/mol. The van der Waals surface area contributed by atoms with E-state index in [4.69, 9.17) is 14.2 Å². The Bertz CT molecular complexity index is 761. The smallest absolute Gasteiger partial charge is 0.303 e. The number of hydrogen-bond donors (Lipinski definition) is 1. The van der Waals surface area contributed by atoms with Crippen LogP contribution in [0.3, 0.4) is 0 Å². The largest absolute Gasteiger partial charge is 0.497 e. The summed E-state index contributed by atoms with van der Waals surface area (Å²) in [5.74, 6) is 1.15. The van der Waals surface area contributed by atoms with Crippen LogP contribution >= 0.6 is 0 Å². The van der Waals surface area contributed by atoms with Crippen LogP contribution in [0, 0.1) is 22.7 Å². The highest BCUT2D eigenvalue weighted by Crippen LogP contribution is 2.65. The SMILES string of the molecule is COc1cc(OC)cc(C(OC(C)=O)[C@@H]2[C@]3(C)CCCC(C)(C)[C@@H]3CC[C@@]2(C)O)c1. The molecule has 5 nitrogen and oxygen atoms in total. The molecule has 0 heterocycles. The van der Waals surface area contributed by atoms with Crippen molar-refractivity contribution < 1.29 is 24.1 Å². The molecule has 1 unspecified atom stereocenters. The lowest BCUT2D eigenvalue weighted by molar-refractivity contribution is -0.211. The average molecular weight is 419 g/mol. The van der Waals surface area contributed by atoms with E-state index < -0.39 is 11.7 Å². The van der Waals surface area contributed by atoms with Crippen LogP contribution in [0.2, 0.25) is 0 Å². The van der Waals surface area contributed by atoms with E-state index in [1.54, 1.807) is 14.2 Å². The molecule has 5 atom stereocenters. The van der Waals surface area contributed by atoms with Crippen LogP contribution in [0.4, 0.5) is 0 Å². The van der Waals surface area contributed by atoms with Gasteiger partial charge in [0, 0.05) is 24.5 Å². The van der Waals surface area contributed by atoms with Crippen LogP contribution in [0.15, 0.2) is 18.2 Å². The Morgan fingerprint density at radius 1 is 1.03 bits per heavy atom. The summed E-state index contributed by atoms with van der Waals surface area (Å²) in [6.07, 6.45) is 4.42. The second-order valence-electron chi connectivity index (χ2n) is 10.5. The number of hydrogen-bond acceptors (Lipinski definition) is 5. The molecule has 2 fully saturated rings. The maximum Gasteiger partial charge on any atom is 0.303 e. The number of fused-ring (bicyclic) bond motifs is 1. The van der Waals surface area contributed by atoms with E-state index in [2.05, 4.69) is 20.8 Å². The van der Waals surface area contributed by atoms with Gasteiger partial charge in [0.2, 0.25) is 0 Å². The van der Waals surface area contributed by atoms with Crippen molar-refractivity contribution >= 4 is 5.97 Å². The molecule has 0 bridgehead atoms. The first kappa shape index (κ1) is 22.9. The molecule has 5 heteroatoms. The number of methoxy groups -OCH3 is 2. The second kappa shape index (κ2) is 8.07. The Labute approximate surface area is 181 Å². The molecule has 1 aromatic rings. The predicted octanol–water partition coefficient (Wildman–Crippen LogP) is 5.30. The first-order chi connectivity index (χ1) is 13.9. The van der Waals surface area contributed by atoms with Gasteiger partial charge in [0.25, 0.3) is 0 Å². The van der Waals surface area contributed by atoms with Gasteiger partial charge < -0.3 is 19.3 Å². The van der Waals surface area contributed by atoms with Crippen molar-refractivity contribution in [3.63, 3.8) is 0 Å². The summed E-state index contributed by atoms with van der Waals surface area (Å²) in [5.41, 5.74) is -0.110. The van der Waals surface area contributed by atoms with Gasteiger partial charge in [-0.3, -0.25) is 4.79 Å². The number of esters is 1. The summed E-state index contributed by atoms with van der Waals surface area (Å²) in [4.78, 5) is 12.2. The van der Waals surface area contributed by atoms with Gasteiger partial charge in [0.15, 0.2) is 0 Å². The van der Waals surface area contributed by atoms with Gasteiger partial charge in [-0.1, -0.05) is 27.2 Å². The fourth-order valence-electron chi connectivity index (χ4n) is 6.73. The minimum Gasteiger partial charge on any atom is -0.497 e. The Morgan fingerprint density at radius 3 is 2.17 bits per heavy atom. The number of rotatable bonds is 5. The molecule has 168 valence electrons. The summed E-state index contributed by atoms with van der Waals surface area (Å²) in [7, 11) is 3.22. The minimum atomic E-state index is -0.949. The molecule has 2 aliphatic carbocycles. The lowest BCUT2D eigenvalue weighted by atomic mass is 9.44.